The van der Waals surface area contributed by atoms with E-state index in [4.69, 9.17) is 4.74 Å². The Labute approximate surface area is 131 Å². The van der Waals surface area contributed by atoms with Crippen LogP contribution in [0.5, 0.6) is 5.88 Å². The van der Waals surface area contributed by atoms with Gasteiger partial charge in [0.05, 0.1) is 30.0 Å². The Morgan fingerprint density at radius 3 is 2.73 bits per heavy atom. The summed E-state index contributed by atoms with van der Waals surface area (Å²) in [4.78, 5) is 8.46. The molecular weight excluding hydrogens is 302 g/mol. The van der Waals surface area contributed by atoms with Crippen LogP contribution in [0.4, 0.5) is 5.82 Å². The second-order valence-corrected chi connectivity index (χ2v) is 8.62. The summed E-state index contributed by atoms with van der Waals surface area (Å²) in [6.45, 7) is 1.08. The summed E-state index contributed by atoms with van der Waals surface area (Å²) in [5, 5.41) is 2.77. The number of ether oxygens (including phenoxy) is 1. The molecule has 0 aromatic carbocycles. The molecule has 1 aromatic rings. The average Bonchev–Trinajstić information content (AvgIpc) is 3.13. The van der Waals surface area contributed by atoms with Crippen molar-refractivity contribution in [2.24, 2.45) is 5.92 Å². The molecular formula is C15H23N3O3S. The van der Waals surface area contributed by atoms with Crippen molar-refractivity contribution in [3.8, 4) is 5.88 Å². The smallest absolute Gasteiger partial charge is 0.234 e. The van der Waals surface area contributed by atoms with Gasteiger partial charge in [0.25, 0.3) is 0 Å². The molecule has 0 radical (unpaired) electrons. The number of anilines is 1. The van der Waals surface area contributed by atoms with Crippen molar-refractivity contribution in [3.63, 3.8) is 0 Å². The van der Waals surface area contributed by atoms with Crippen molar-refractivity contribution >= 4 is 15.7 Å². The zero-order valence-electron chi connectivity index (χ0n) is 12.7. The van der Waals surface area contributed by atoms with Crippen molar-refractivity contribution in [2.75, 3.05) is 24.2 Å². The van der Waals surface area contributed by atoms with E-state index in [1.54, 1.807) is 12.4 Å². The first-order valence-electron chi connectivity index (χ1n) is 8.04. The number of hydrogen-bond donors (Lipinski definition) is 1. The van der Waals surface area contributed by atoms with E-state index in [1.165, 1.54) is 25.7 Å². The first-order chi connectivity index (χ1) is 10.6. The Balaban J connectivity index is 1.52. The van der Waals surface area contributed by atoms with Gasteiger partial charge in [-0.15, -0.1) is 0 Å². The molecule has 2 aliphatic rings. The lowest BCUT2D eigenvalue weighted by Crippen LogP contribution is -2.25. The molecule has 3 rings (SSSR count). The standard InChI is InChI=1S/C15H23N3O3S/c19-22(20)7-3-6-13(22)8-17-14-9-16-10-15(18-14)21-11-12-4-1-2-5-12/h9-10,12-13H,1-8,11H2,(H,17,18). The summed E-state index contributed by atoms with van der Waals surface area (Å²) in [6.07, 6.45) is 9.71. The summed E-state index contributed by atoms with van der Waals surface area (Å²) < 4.78 is 29.3. The van der Waals surface area contributed by atoms with E-state index in [1.807, 2.05) is 0 Å². The maximum absolute atomic E-state index is 11.8. The van der Waals surface area contributed by atoms with E-state index in [9.17, 15) is 8.42 Å². The van der Waals surface area contributed by atoms with Gasteiger partial charge in [0.2, 0.25) is 5.88 Å². The predicted octanol–water partition coefficient (Wildman–Crippen LogP) is 2.03. The molecule has 1 aromatic heterocycles. The number of hydrogen-bond acceptors (Lipinski definition) is 6. The van der Waals surface area contributed by atoms with Crippen LogP contribution in [0.15, 0.2) is 12.4 Å². The van der Waals surface area contributed by atoms with Crippen LogP contribution in [0.25, 0.3) is 0 Å². The van der Waals surface area contributed by atoms with Crippen molar-refractivity contribution in [1.29, 1.82) is 0 Å². The molecule has 2 fully saturated rings. The summed E-state index contributed by atoms with van der Waals surface area (Å²) in [5.74, 6) is 2.01. The van der Waals surface area contributed by atoms with Crippen LogP contribution in [-0.2, 0) is 9.84 Å². The number of nitrogens with zero attached hydrogens (tertiary/aromatic N) is 2. The van der Waals surface area contributed by atoms with Crippen LogP contribution in [0.3, 0.4) is 0 Å². The van der Waals surface area contributed by atoms with Gasteiger partial charge in [0.1, 0.15) is 5.82 Å². The molecule has 1 aliphatic carbocycles. The molecule has 0 bridgehead atoms. The Hall–Kier alpha value is -1.37. The van der Waals surface area contributed by atoms with Crippen LogP contribution in [0.2, 0.25) is 0 Å². The molecule has 1 N–H and O–H groups in total. The quantitative estimate of drug-likeness (QED) is 0.862. The molecule has 0 amide bonds. The third kappa shape index (κ3) is 3.88. The molecule has 1 unspecified atom stereocenters. The Bertz CT molecular complexity index is 600. The number of aromatic nitrogens is 2. The van der Waals surface area contributed by atoms with Gasteiger partial charge in [0, 0.05) is 6.54 Å². The minimum absolute atomic E-state index is 0.301. The molecule has 1 atom stereocenters. The number of rotatable bonds is 6. The van der Waals surface area contributed by atoms with Crippen molar-refractivity contribution in [2.45, 2.75) is 43.8 Å². The zero-order chi connectivity index (χ0) is 15.4. The molecule has 2 heterocycles. The average molecular weight is 325 g/mol. The maximum atomic E-state index is 11.8. The van der Waals surface area contributed by atoms with Gasteiger partial charge in [-0.05, 0) is 31.6 Å². The highest BCUT2D eigenvalue weighted by molar-refractivity contribution is 7.92. The minimum Gasteiger partial charge on any atom is -0.476 e. The second kappa shape index (κ2) is 6.81. The fourth-order valence-corrected chi connectivity index (χ4v) is 4.95. The van der Waals surface area contributed by atoms with Crippen LogP contribution in [-0.4, -0.2) is 42.5 Å². The Morgan fingerprint density at radius 1 is 1.18 bits per heavy atom. The largest absolute Gasteiger partial charge is 0.476 e. The monoisotopic (exact) mass is 325 g/mol. The summed E-state index contributed by atoms with van der Waals surface area (Å²) in [7, 11) is -2.93. The molecule has 6 nitrogen and oxygen atoms in total. The lowest BCUT2D eigenvalue weighted by atomic mass is 10.1. The molecule has 0 spiro atoms. The molecule has 7 heteroatoms. The third-order valence-corrected chi connectivity index (χ3v) is 6.80. The zero-order valence-corrected chi connectivity index (χ0v) is 13.5. The predicted molar refractivity (Wildman–Crippen MR) is 84.8 cm³/mol. The molecule has 1 aliphatic heterocycles. The van der Waals surface area contributed by atoms with Crippen molar-refractivity contribution < 1.29 is 13.2 Å². The highest BCUT2D eigenvalue weighted by Crippen LogP contribution is 2.25. The summed E-state index contributed by atoms with van der Waals surface area (Å²) >= 11 is 0. The number of sulfone groups is 1. The van der Waals surface area contributed by atoms with Crippen molar-refractivity contribution in [1.82, 2.24) is 9.97 Å². The van der Waals surface area contributed by atoms with Crippen LogP contribution in [0, 0.1) is 5.92 Å². The number of nitrogens with one attached hydrogen (secondary N) is 1. The maximum Gasteiger partial charge on any atom is 0.234 e. The molecule has 1 saturated carbocycles. The SMILES string of the molecule is O=S1(=O)CCCC1CNc1cncc(OCC2CCCC2)n1. The van der Waals surface area contributed by atoms with E-state index in [2.05, 4.69) is 15.3 Å². The van der Waals surface area contributed by atoms with Gasteiger partial charge in [-0.2, -0.15) is 4.98 Å². The fraction of sp³-hybridized carbons (Fsp3) is 0.733. The Morgan fingerprint density at radius 2 is 2.00 bits per heavy atom. The van der Waals surface area contributed by atoms with Gasteiger partial charge < -0.3 is 10.1 Å². The van der Waals surface area contributed by atoms with E-state index in [0.717, 1.165) is 12.8 Å². The first kappa shape index (κ1) is 15.5. The van der Waals surface area contributed by atoms with Gasteiger partial charge in [-0.3, -0.25) is 4.98 Å². The second-order valence-electron chi connectivity index (χ2n) is 6.22. The topological polar surface area (TPSA) is 81.2 Å². The summed E-state index contributed by atoms with van der Waals surface area (Å²) in [5.41, 5.74) is 0. The van der Waals surface area contributed by atoms with Gasteiger partial charge >= 0.3 is 0 Å². The molecule has 22 heavy (non-hydrogen) atoms. The molecule has 1 saturated heterocycles. The van der Waals surface area contributed by atoms with Gasteiger partial charge in [-0.25, -0.2) is 8.42 Å². The lowest BCUT2D eigenvalue weighted by molar-refractivity contribution is 0.243. The van der Waals surface area contributed by atoms with Crippen molar-refractivity contribution in [3.05, 3.63) is 12.4 Å². The van der Waals surface area contributed by atoms with Crippen LogP contribution >= 0.6 is 0 Å². The Kier molecular flexibility index (Phi) is 4.81. The normalized spacial score (nSPS) is 24.5. The van der Waals surface area contributed by atoms with E-state index in [-0.39, 0.29) is 5.25 Å². The van der Waals surface area contributed by atoms with Gasteiger partial charge in [-0.1, -0.05) is 12.8 Å². The van der Waals surface area contributed by atoms with Crippen LogP contribution < -0.4 is 10.1 Å². The van der Waals surface area contributed by atoms with Gasteiger partial charge in [0.15, 0.2) is 9.84 Å². The third-order valence-electron chi connectivity index (χ3n) is 4.53. The lowest BCUT2D eigenvalue weighted by Gasteiger charge is -2.13. The highest BCUT2D eigenvalue weighted by atomic mass is 32.2. The summed E-state index contributed by atoms with van der Waals surface area (Å²) in [6, 6.07) is 0. The van der Waals surface area contributed by atoms with E-state index >= 15 is 0 Å². The van der Waals surface area contributed by atoms with Crippen LogP contribution in [0.1, 0.15) is 38.5 Å². The molecule has 122 valence electrons. The first-order valence-corrected chi connectivity index (χ1v) is 9.75. The highest BCUT2D eigenvalue weighted by Gasteiger charge is 2.30. The fourth-order valence-electron chi connectivity index (χ4n) is 3.19. The van der Waals surface area contributed by atoms with E-state index in [0.29, 0.717) is 36.5 Å². The van der Waals surface area contributed by atoms with E-state index < -0.39 is 9.84 Å². The minimum atomic E-state index is -2.93.